The first-order valence-electron chi connectivity index (χ1n) is 11.1. The van der Waals surface area contributed by atoms with Crippen LogP contribution in [-0.4, -0.2) is 93.0 Å². The number of sulfonamides is 1. The molecule has 1 aliphatic rings. The monoisotopic (exact) mass is 591 g/mol. The molecule has 1 aromatic carbocycles. The highest BCUT2D eigenvalue weighted by molar-refractivity contribution is 7.89. The number of likely N-dealkylation sites (N-methyl/N-ethyl adjacent to an activating group) is 1. The summed E-state index contributed by atoms with van der Waals surface area (Å²) in [4.78, 5) is 19.6. The smallest absolute Gasteiger partial charge is 0.334 e. The van der Waals surface area contributed by atoms with Crippen LogP contribution in [0.3, 0.4) is 0 Å². The topological polar surface area (TPSA) is 94.4 Å². The summed E-state index contributed by atoms with van der Waals surface area (Å²) >= 11 is 0. The van der Waals surface area contributed by atoms with Crippen molar-refractivity contribution >= 4 is 28.0 Å². The predicted molar refractivity (Wildman–Crippen MR) is 126 cm³/mol. The van der Waals surface area contributed by atoms with Gasteiger partial charge in [-0.15, -0.1) is 0 Å². The van der Waals surface area contributed by atoms with Crippen LogP contribution < -0.4 is 5.32 Å². The normalized spacial score (nSPS) is 22.2. The average Bonchev–Trinajstić information content (AvgIpc) is 3.12. The highest BCUT2D eigenvalue weighted by Gasteiger charge is 2.50. The molecule has 1 heterocycles. The third-order valence-corrected chi connectivity index (χ3v) is 7.85. The van der Waals surface area contributed by atoms with Gasteiger partial charge in [0, 0.05) is 26.7 Å². The molecule has 1 N–H and O–H groups in total. The van der Waals surface area contributed by atoms with Gasteiger partial charge in [-0.25, -0.2) is 17.2 Å². The summed E-state index contributed by atoms with van der Waals surface area (Å²) in [5, 5.41) is 2.11. The maximum Gasteiger partial charge on any atom is 0.449 e. The zero-order chi connectivity index (χ0) is 29.9. The van der Waals surface area contributed by atoms with Crippen LogP contribution in [0.5, 0.6) is 0 Å². The number of carbonyl (C=O) groups excluding carboxylic acids is 1. The lowest BCUT2D eigenvalue weighted by Gasteiger charge is -2.33. The van der Waals surface area contributed by atoms with Gasteiger partial charge in [0.2, 0.25) is 21.8 Å². The molecule has 1 amide bonds. The molecule has 0 spiro atoms. The fraction of sp³-hybridized carbons (Fsp3) is 0.500. The Kier molecular flexibility index (Phi) is 9.87. The molecule has 218 valence electrons. The SMILES string of the molecule is C=C(/C=N\CC(NC(=O)[C@@H]1C[C@@H](F)[C@H](C)N1S(=O)(=O)c1ccc(F)cc1)N(C)/C(=N\C)C(F)(F)F)C(F)(F)F. The number of alkyl halides is 7. The number of allylic oxidation sites excluding steroid dienone is 1. The summed E-state index contributed by atoms with van der Waals surface area (Å²) in [6.45, 7) is 3.04. The Morgan fingerprint density at radius 1 is 1.21 bits per heavy atom. The number of carbonyl (C=O) groups is 1. The molecular weight excluding hydrogens is 566 g/mol. The van der Waals surface area contributed by atoms with Gasteiger partial charge in [0.25, 0.3) is 0 Å². The number of nitrogens with zero attached hydrogens (tertiary/aromatic N) is 4. The molecule has 0 aromatic heterocycles. The first-order chi connectivity index (χ1) is 17.8. The summed E-state index contributed by atoms with van der Waals surface area (Å²) < 4.78 is 133. The maximum atomic E-state index is 14.7. The Morgan fingerprint density at radius 3 is 2.26 bits per heavy atom. The molecule has 1 aliphatic heterocycles. The van der Waals surface area contributed by atoms with E-state index in [9.17, 15) is 48.3 Å². The summed E-state index contributed by atoms with van der Waals surface area (Å²) in [6, 6.07) is 0.298. The Bertz CT molecular complexity index is 1220. The van der Waals surface area contributed by atoms with Crippen LogP contribution >= 0.6 is 0 Å². The summed E-state index contributed by atoms with van der Waals surface area (Å²) in [6.07, 6.45) is -14.0. The van der Waals surface area contributed by atoms with Crippen molar-refractivity contribution in [1.29, 1.82) is 0 Å². The Labute approximate surface area is 219 Å². The first kappa shape index (κ1) is 32.1. The summed E-state index contributed by atoms with van der Waals surface area (Å²) in [5.41, 5.74) is -1.42. The molecule has 0 aliphatic carbocycles. The summed E-state index contributed by atoms with van der Waals surface area (Å²) in [7, 11) is -2.98. The van der Waals surface area contributed by atoms with E-state index in [-0.39, 0.29) is 6.21 Å². The molecule has 4 atom stereocenters. The minimum atomic E-state index is -5.05. The third-order valence-electron chi connectivity index (χ3n) is 5.84. The molecule has 1 unspecified atom stereocenters. The van der Waals surface area contributed by atoms with Crippen molar-refractivity contribution in [3.05, 3.63) is 42.2 Å². The number of halogens is 8. The van der Waals surface area contributed by atoms with E-state index in [1.807, 2.05) is 0 Å². The minimum Gasteiger partial charge on any atom is -0.334 e. The van der Waals surface area contributed by atoms with E-state index in [0.29, 0.717) is 9.21 Å². The van der Waals surface area contributed by atoms with E-state index >= 15 is 0 Å². The van der Waals surface area contributed by atoms with Crippen molar-refractivity contribution in [2.75, 3.05) is 20.6 Å². The summed E-state index contributed by atoms with van der Waals surface area (Å²) in [5.74, 6) is -3.54. The predicted octanol–water partition coefficient (Wildman–Crippen LogP) is 3.47. The Hall–Kier alpha value is -3.08. The van der Waals surface area contributed by atoms with Crippen LogP contribution in [0.4, 0.5) is 35.1 Å². The molecule has 0 bridgehead atoms. The molecule has 2 rings (SSSR count). The molecule has 1 saturated heterocycles. The maximum absolute atomic E-state index is 14.7. The number of hydrogen-bond donors (Lipinski definition) is 1. The van der Waals surface area contributed by atoms with Gasteiger partial charge >= 0.3 is 12.4 Å². The number of hydrogen-bond acceptors (Lipinski definition) is 5. The van der Waals surface area contributed by atoms with Crippen LogP contribution in [0.25, 0.3) is 0 Å². The van der Waals surface area contributed by atoms with Gasteiger partial charge < -0.3 is 10.2 Å². The van der Waals surface area contributed by atoms with Gasteiger partial charge in [-0.05, 0) is 31.2 Å². The van der Waals surface area contributed by atoms with Crippen molar-refractivity contribution in [3.8, 4) is 0 Å². The van der Waals surface area contributed by atoms with Crippen molar-refractivity contribution in [2.24, 2.45) is 9.98 Å². The highest BCUT2D eigenvalue weighted by atomic mass is 32.2. The van der Waals surface area contributed by atoms with Gasteiger partial charge in [0.1, 0.15) is 24.2 Å². The van der Waals surface area contributed by atoms with E-state index in [4.69, 9.17) is 0 Å². The largest absolute Gasteiger partial charge is 0.449 e. The van der Waals surface area contributed by atoms with Crippen molar-refractivity contribution < 1.29 is 48.3 Å². The second-order valence-corrected chi connectivity index (χ2v) is 10.3. The van der Waals surface area contributed by atoms with Gasteiger partial charge in [0.15, 0.2) is 0 Å². The second kappa shape index (κ2) is 12.0. The van der Waals surface area contributed by atoms with E-state index in [1.165, 1.54) is 6.92 Å². The van der Waals surface area contributed by atoms with Crippen molar-refractivity contribution in [3.63, 3.8) is 0 Å². The molecule has 17 heteroatoms. The highest BCUT2D eigenvalue weighted by Crippen LogP contribution is 2.33. The van der Waals surface area contributed by atoms with Gasteiger partial charge in [-0.1, -0.05) is 6.58 Å². The van der Waals surface area contributed by atoms with Crippen LogP contribution in [0.15, 0.2) is 51.3 Å². The van der Waals surface area contributed by atoms with Gasteiger partial charge in [-0.3, -0.25) is 14.8 Å². The van der Waals surface area contributed by atoms with Crippen molar-refractivity contribution in [1.82, 2.24) is 14.5 Å². The molecule has 8 nitrogen and oxygen atoms in total. The number of amidine groups is 1. The Morgan fingerprint density at radius 2 is 1.77 bits per heavy atom. The fourth-order valence-corrected chi connectivity index (χ4v) is 5.60. The lowest BCUT2D eigenvalue weighted by Crippen LogP contribution is -2.58. The van der Waals surface area contributed by atoms with Crippen LogP contribution in [0.1, 0.15) is 13.3 Å². The number of benzene rings is 1. The van der Waals surface area contributed by atoms with Crippen LogP contribution in [0, 0.1) is 5.82 Å². The molecule has 0 saturated carbocycles. The average molecular weight is 592 g/mol. The standard InChI is InChI=1S/C22H25F8N5O3S/c1-12(21(25,26)27)10-32-11-18(34(4)20(31-3)22(28,29)30)33-19(36)17-9-16(24)13(2)35(17)39(37,38)15-7-5-14(23)6-8-15/h5-8,10,13,16-18H,1,9,11H2,2-4H3,(H,33,36)/b31-20-,32-10-/t13-,16+,17-,18?/m0/s1. The minimum absolute atomic E-state index is 0.254. The quantitative estimate of drug-likeness (QED) is 0.217. The Balaban J connectivity index is 2.42. The number of nitrogens with one attached hydrogen (secondary N) is 1. The first-order valence-corrected chi connectivity index (χ1v) is 12.5. The molecule has 39 heavy (non-hydrogen) atoms. The van der Waals surface area contributed by atoms with Gasteiger partial charge in [0.05, 0.1) is 23.1 Å². The molecule has 1 aromatic rings. The van der Waals surface area contributed by atoms with E-state index in [0.717, 1.165) is 38.4 Å². The number of aliphatic imine (C=N–C) groups is 2. The van der Waals surface area contributed by atoms with Crippen LogP contribution in [0.2, 0.25) is 0 Å². The number of amides is 1. The molecule has 0 radical (unpaired) electrons. The van der Waals surface area contributed by atoms with E-state index in [1.54, 1.807) is 0 Å². The lowest BCUT2D eigenvalue weighted by molar-refractivity contribution is -0.126. The zero-order valence-corrected chi connectivity index (χ0v) is 21.6. The number of rotatable bonds is 8. The fourth-order valence-electron chi connectivity index (χ4n) is 3.79. The van der Waals surface area contributed by atoms with E-state index < -0.39 is 87.8 Å². The van der Waals surface area contributed by atoms with E-state index in [2.05, 4.69) is 21.9 Å². The third kappa shape index (κ3) is 7.52. The lowest BCUT2D eigenvalue weighted by atomic mass is 10.1. The van der Waals surface area contributed by atoms with Crippen molar-refractivity contribution in [2.45, 2.75) is 55.0 Å². The van der Waals surface area contributed by atoms with Crippen LogP contribution in [-0.2, 0) is 14.8 Å². The zero-order valence-electron chi connectivity index (χ0n) is 20.8. The molecule has 1 fully saturated rings. The second-order valence-electron chi connectivity index (χ2n) is 8.49. The molecular formula is C22H25F8N5O3S. The van der Waals surface area contributed by atoms with Gasteiger partial charge in [-0.2, -0.15) is 30.6 Å².